The third kappa shape index (κ3) is 4.15. The normalized spacial score (nSPS) is 10.7. The Hall–Kier alpha value is -0.490. The maximum Gasteiger partial charge on any atom is 0.0951 e. The quantitative estimate of drug-likeness (QED) is 0.685. The highest BCUT2D eigenvalue weighted by atomic mass is 32.1. The second-order valence-electron chi connectivity index (χ2n) is 2.79. The number of nitrogens with two attached hydrogens (primary N) is 1. The van der Waals surface area contributed by atoms with Crippen LogP contribution in [0.1, 0.15) is 10.7 Å². The van der Waals surface area contributed by atoms with Crippen LogP contribution < -0.4 is 5.73 Å². The molecule has 0 unspecified atom stereocenters. The van der Waals surface area contributed by atoms with Crippen LogP contribution >= 0.6 is 11.3 Å². The third-order valence-electron chi connectivity index (χ3n) is 1.70. The van der Waals surface area contributed by atoms with E-state index < -0.39 is 0 Å². The van der Waals surface area contributed by atoms with Crippen LogP contribution in [0.15, 0.2) is 5.38 Å². The summed E-state index contributed by atoms with van der Waals surface area (Å²) in [5, 5.41) is 3.08. The molecule has 14 heavy (non-hydrogen) atoms. The van der Waals surface area contributed by atoms with Crippen molar-refractivity contribution in [2.24, 2.45) is 5.73 Å². The Kier molecular flexibility index (Phi) is 5.70. The average Bonchev–Trinajstić information content (AvgIpc) is 2.65. The average molecular weight is 216 g/mol. The number of thiazole rings is 1. The van der Waals surface area contributed by atoms with Gasteiger partial charge in [-0.15, -0.1) is 11.3 Å². The number of nitrogens with zero attached hydrogens (tertiary/aromatic N) is 1. The van der Waals surface area contributed by atoms with Crippen LogP contribution in [0.3, 0.4) is 0 Å². The topological polar surface area (TPSA) is 57.4 Å². The van der Waals surface area contributed by atoms with E-state index in [-0.39, 0.29) is 0 Å². The van der Waals surface area contributed by atoms with E-state index in [2.05, 4.69) is 4.98 Å². The van der Waals surface area contributed by atoms with Gasteiger partial charge in [0.15, 0.2) is 0 Å². The van der Waals surface area contributed by atoms with E-state index >= 15 is 0 Å². The molecule has 0 fully saturated rings. The molecule has 0 radical (unpaired) electrons. The summed E-state index contributed by atoms with van der Waals surface area (Å²) in [5.41, 5.74) is 6.41. The highest BCUT2D eigenvalue weighted by Crippen LogP contribution is 2.09. The number of rotatable bonds is 7. The summed E-state index contributed by atoms with van der Waals surface area (Å²) in [4.78, 5) is 4.33. The number of methoxy groups -OCH3 is 1. The molecule has 0 aliphatic rings. The molecular formula is C9H16N2O2S. The predicted octanol–water partition coefficient (Wildman–Crippen LogP) is 0.807. The fourth-order valence-corrected chi connectivity index (χ4v) is 1.75. The molecule has 4 nitrogen and oxygen atoms in total. The maximum atomic E-state index is 5.45. The van der Waals surface area contributed by atoms with Crippen molar-refractivity contribution in [2.75, 3.05) is 26.9 Å². The minimum Gasteiger partial charge on any atom is -0.382 e. The van der Waals surface area contributed by atoms with Crippen LogP contribution in [0.5, 0.6) is 0 Å². The largest absolute Gasteiger partial charge is 0.382 e. The number of hydrogen-bond donors (Lipinski definition) is 1. The predicted molar refractivity (Wildman–Crippen MR) is 56.4 cm³/mol. The van der Waals surface area contributed by atoms with Crippen molar-refractivity contribution >= 4 is 11.3 Å². The van der Waals surface area contributed by atoms with Gasteiger partial charge in [0.25, 0.3) is 0 Å². The lowest BCUT2D eigenvalue weighted by Crippen LogP contribution is -2.05. The van der Waals surface area contributed by atoms with E-state index in [1.54, 1.807) is 18.4 Å². The van der Waals surface area contributed by atoms with Crippen LogP contribution in [0.25, 0.3) is 0 Å². The van der Waals surface area contributed by atoms with Crippen molar-refractivity contribution in [1.29, 1.82) is 0 Å². The molecule has 0 atom stereocenters. The van der Waals surface area contributed by atoms with Gasteiger partial charge in [-0.05, 0) is 0 Å². The zero-order valence-electron chi connectivity index (χ0n) is 8.36. The monoisotopic (exact) mass is 216 g/mol. The molecular weight excluding hydrogens is 200 g/mol. The first-order valence-corrected chi connectivity index (χ1v) is 5.44. The Morgan fingerprint density at radius 1 is 1.43 bits per heavy atom. The molecule has 5 heteroatoms. The highest BCUT2D eigenvalue weighted by Gasteiger charge is 1.99. The lowest BCUT2D eigenvalue weighted by molar-refractivity contribution is 0.0722. The minimum atomic E-state index is 0.515. The van der Waals surface area contributed by atoms with Crippen molar-refractivity contribution < 1.29 is 9.47 Å². The van der Waals surface area contributed by atoms with Gasteiger partial charge in [-0.25, -0.2) is 4.98 Å². The molecule has 0 spiro atoms. The SMILES string of the molecule is COCCOCCc1nc(CN)cs1. The van der Waals surface area contributed by atoms with Gasteiger partial charge in [-0.1, -0.05) is 0 Å². The van der Waals surface area contributed by atoms with Crippen LogP contribution in [-0.2, 0) is 22.4 Å². The number of ether oxygens (including phenoxy) is 2. The smallest absolute Gasteiger partial charge is 0.0951 e. The highest BCUT2D eigenvalue weighted by molar-refractivity contribution is 7.09. The van der Waals surface area contributed by atoms with Gasteiger partial charge in [-0.2, -0.15) is 0 Å². The van der Waals surface area contributed by atoms with Crippen LogP contribution in [0, 0.1) is 0 Å². The van der Waals surface area contributed by atoms with Crippen molar-refractivity contribution in [1.82, 2.24) is 4.98 Å². The minimum absolute atomic E-state index is 0.515. The summed E-state index contributed by atoms with van der Waals surface area (Å²) in [6, 6.07) is 0. The molecule has 2 N–H and O–H groups in total. The zero-order valence-corrected chi connectivity index (χ0v) is 9.18. The Morgan fingerprint density at radius 2 is 2.29 bits per heavy atom. The molecule has 80 valence electrons. The summed E-state index contributed by atoms with van der Waals surface area (Å²) in [5.74, 6) is 0. The van der Waals surface area contributed by atoms with E-state index in [1.807, 2.05) is 5.38 Å². The zero-order chi connectivity index (χ0) is 10.2. The van der Waals surface area contributed by atoms with Gasteiger partial charge in [-0.3, -0.25) is 0 Å². The van der Waals surface area contributed by atoms with Crippen molar-refractivity contribution in [3.05, 3.63) is 16.1 Å². The first-order chi connectivity index (χ1) is 6.86. The molecule has 0 saturated heterocycles. The van der Waals surface area contributed by atoms with E-state index in [1.165, 1.54) is 0 Å². The molecule has 0 aliphatic carbocycles. The second-order valence-corrected chi connectivity index (χ2v) is 3.73. The van der Waals surface area contributed by atoms with Crippen molar-refractivity contribution in [3.63, 3.8) is 0 Å². The third-order valence-corrected chi connectivity index (χ3v) is 2.66. The Balaban J connectivity index is 2.12. The molecule has 1 aromatic heterocycles. The van der Waals surface area contributed by atoms with Gasteiger partial charge in [0.2, 0.25) is 0 Å². The van der Waals surface area contributed by atoms with Crippen molar-refractivity contribution in [2.45, 2.75) is 13.0 Å². The lowest BCUT2D eigenvalue weighted by atomic mass is 10.4. The summed E-state index contributed by atoms with van der Waals surface area (Å²) >= 11 is 1.64. The molecule has 1 heterocycles. The van der Waals surface area contributed by atoms with Gasteiger partial charge in [0.05, 0.1) is 30.5 Å². The first-order valence-electron chi connectivity index (χ1n) is 4.57. The van der Waals surface area contributed by atoms with E-state index in [4.69, 9.17) is 15.2 Å². The summed E-state index contributed by atoms with van der Waals surface area (Å²) in [6.07, 6.45) is 0.856. The fraction of sp³-hybridized carbons (Fsp3) is 0.667. The molecule has 0 aliphatic heterocycles. The van der Waals surface area contributed by atoms with Crippen molar-refractivity contribution in [3.8, 4) is 0 Å². The molecule has 0 saturated carbocycles. The molecule has 1 aromatic rings. The van der Waals surface area contributed by atoms with E-state index in [9.17, 15) is 0 Å². The van der Waals surface area contributed by atoms with Crippen LogP contribution in [-0.4, -0.2) is 31.9 Å². The number of aromatic nitrogens is 1. The Morgan fingerprint density at radius 3 is 2.93 bits per heavy atom. The Labute approximate surface area is 88.0 Å². The second kappa shape index (κ2) is 6.89. The maximum absolute atomic E-state index is 5.45. The van der Waals surface area contributed by atoms with E-state index in [0.717, 1.165) is 17.1 Å². The van der Waals surface area contributed by atoms with Gasteiger partial charge < -0.3 is 15.2 Å². The standard InChI is InChI=1S/C9H16N2O2S/c1-12-4-5-13-3-2-9-11-8(6-10)7-14-9/h7H,2-6,10H2,1H3. The van der Waals surface area contributed by atoms with Crippen LogP contribution in [0.2, 0.25) is 0 Å². The van der Waals surface area contributed by atoms with Gasteiger partial charge in [0, 0.05) is 25.5 Å². The van der Waals surface area contributed by atoms with Gasteiger partial charge in [0.1, 0.15) is 0 Å². The first kappa shape index (κ1) is 11.6. The molecule has 0 amide bonds. The summed E-state index contributed by atoms with van der Waals surface area (Å²) in [7, 11) is 1.66. The Bertz CT molecular complexity index is 253. The molecule has 0 bridgehead atoms. The van der Waals surface area contributed by atoms with Gasteiger partial charge >= 0.3 is 0 Å². The summed E-state index contributed by atoms with van der Waals surface area (Å²) < 4.78 is 10.2. The fourth-order valence-electron chi connectivity index (χ4n) is 0.961. The molecule has 0 aromatic carbocycles. The number of hydrogen-bond acceptors (Lipinski definition) is 5. The summed E-state index contributed by atoms with van der Waals surface area (Å²) in [6.45, 7) is 2.50. The van der Waals surface area contributed by atoms with Crippen LogP contribution in [0.4, 0.5) is 0 Å². The molecule has 1 rings (SSSR count). The lowest BCUT2D eigenvalue weighted by Gasteiger charge is -2.00. The van der Waals surface area contributed by atoms with E-state index in [0.29, 0.717) is 26.4 Å².